The van der Waals surface area contributed by atoms with Gasteiger partial charge in [-0.05, 0) is 53.9 Å². The molecule has 100 valence electrons. The molecule has 0 aliphatic carbocycles. The average molecular weight is 275 g/mol. The van der Waals surface area contributed by atoms with Crippen LogP contribution in [-0.2, 0) is 6.42 Å². The van der Waals surface area contributed by atoms with Crippen molar-refractivity contribution in [3.05, 3.63) is 46.2 Å². The molecular weight excluding hydrogens is 258 g/mol. The molecular formula is C14H17N3OS. The molecule has 5 N–H and O–H groups in total. The Labute approximate surface area is 116 Å². The van der Waals surface area contributed by atoms with Gasteiger partial charge in [0, 0.05) is 23.0 Å². The predicted molar refractivity (Wildman–Crippen MR) is 80.2 cm³/mol. The lowest BCUT2D eigenvalue weighted by atomic mass is 10.1. The van der Waals surface area contributed by atoms with Crippen LogP contribution < -0.4 is 16.8 Å². The minimum absolute atomic E-state index is 0.0600. The van der Waals surface area contributed by atoms with E-state index < -0.39 is 0 Å². The summed E-state index contributed by atoms with van der Waals surface area (Å²) >= 11 is 1.65. The van der Waals surface area contributed by atoms with Crippen molar-refractivity contribution in [3.63, 3.8) is 0 Å². The van der Waals surface area contributed by atoms with Gasteiger partial charge in [-0.25, -0.2) is 0 Å². The van der Waals surface area contributed by atoms with E-state index in [1.165, 1.54) is 5.56 Å². The second-order valence-corrected chi connectivity index (χ2v) is 5.38. The van der Waals surface area contributed by atoms with E-state index >= 15 is 0 Å². The second-order valence-electron chi connectivity index (χ2n) is 4.60. The topological polar surface area (TPSA) is 81.1 Å². The molecule has 0 spiro atoms. The van der Waals surface area contributed by atoms with Crippen LogP contribution in [0.15, 0.2) is 35.0 Å². The summed E-state index contributed by atoms with van der Waals surface area (Å²) in [5.41, 5.74) is 14.1. The van der Waals surface area contributed by atoms with Gasteiger partial charge in [0.05, 0.1) is 0 Å². The van der Waals surface area contributed by atoms with Gasteiger partial charge in [-0.1, -0.05) is 0 Å². The SMILES string of the molecule is CC(Cc1ccsc1)NC(=O)c1cc(N)cc(N)c1. The lowest BCUT2D eigenvalue weighted by Crippen LogP contribution is -2.34. The normalized spacial score (nSPS) is 12.1. The highest BCUT2D eigenvalue weighted by Crippen LogP contribution is 2.14. The summed E-state index contributed by atoms with van der Waals surface area (Å²) in [7, 11) is 0. The van der Waals surface area contributed by atoms with E-state index in [1.54, 1.807) is 29.5 Å². The number of carbonyl (C=O) groups excluding carboxylic acids is 1. The zero-order chi connectivity index (χ0) is 13.8. The molecule has 19 heavy (non-hydrogen) atoms. The van der Waals surface area contributed by atoms with E-state index in [1.807, 2.05) is 12.3 Å². The van der Waals surface area contributed by atoms with Crippen molar-refractivity contribution in [2.75, 3.05) is 11.5 Å². The maximum Gasteiger partial charge on any atom is 0.251 e. The average Bonchev–Trinajstić information content (AvgIpc) is 2.80. The molecule has 1 amide bonds. The minimum Gasteiger partial charge on any atom is -0.399 e. The quantitative estimate of drug-likeness (QED) is 0.749. The molecule has 0 saturated heterocycles. The van der Waals surface area contributed by atoms with Crippen molar-refractivity contribution < 1.29 is 4.79 Å². The summed E-state index contributed by atoms with van der Waals surface area (Å²) in [6.07, 6.45) is 0.813. The van der Waals surface area contributed by atoms with Crippen LogP contribution in [-0.4, -0.2) is 11.9 Å². The van der Waals surface area contributed by atoms with Crippen LogP contribution in [0.2, 0.25) is 0 Å². The fraction of sp³-hybridized carbons (Fsp3) is 0.214. The number of nitrogens with one attached hydrogen (secondary N) is 1. The first-order valence-electron chi connectivity index (χ1n) is 6.02. The Morgan fingerprint density at radius 3 is 2.58 bits per heavy atom. The van der Waals surface area contributed by atoms with Gasteiger partial charge in [-0.15, -0.1) is 0 Å². The fourth-order valence-corrected chi connectivity index (χ4v) is 2.61. The number of rotatable bonds is 4. The van der Waals surface area contributed by atoms with Crippen molar-refractivity contribution in [3.8, 4) is 0 Å². The molecule has 2 aromatic rings. The molecule has 1 aromatic heterocycles. The molecule has 1 heterocycles. The number of hydrogen-bond donors (Lipinski definition) is 3. The van der Waals surface area contributed by atoms with Gasteiger partial charge in [0.25, 0.3) is 5.91 Å². The molecule has 1 atom stereocenters. The molecule has 0 radical (unpaired) electrons. The molecule has 0 saturated carbocycles. The first-order chi connectivity index (χ1) is 9.04. The fourth-order valence-electron chi connectivity index (χ4n) is 1.93. The van der Waals surface area contributed by atoms with Crippen LogP contribution in [0, 0.1) is 0 Å². The van der Waals surface area contributed by atoms with E-state index in [-0.39, 0.29) is 11.9 Å². The number of amides is 1. The maximum absolute atomic E-state index is 12.1. The van der Waals surface area contributed by atoms with Gasteiger partial charge in [0.2, 0.25) is 0 Å². The molecule has 1 unspecified atom stereocenters. The summed E-state index contributed by atoms with van der Waals surface area (Å²) in [6, 6.07) is 7.01. The molecule has 1 aromatic carbocycles. The number of benzene rings is 1. The van der Waals surface area contributed by atoms with Crippen LogP contribution in [0.3, 0.4) is 0 Å². The Bertz CT molecular complexity index is 546. The molecule has 4 nitrogen and oxygen atoms in total. The van der Waals surface area contributed by atoms with E-state index in [0.29, 0.717) is 16.9 Å². The Morgan fingerprint density at radius 2 is 2.00 bits per heavy atom. The van der Waals surface area contributed by atoms with Crippen LogP contribution in [0.5, 0.6) is 0 Å². The third kappa shape index (κ3) is 3.72. The van der Waals surface area contributed by atoms with Crippen molar-refractivity contribution in [2.45, 2.75) is 19.4 Å². The van der Waals surface area contributed by atoms with E-state index in [9.17, 15) is 4.79 Å². The van der Waals surface area contributed by atoms with Crippen LogP contribution in [0.1, 0.15) is 22.8 Å². The number of thiophene rings is 1. The van der Waals surface area contributed by atoms with Crippen LogP contribution in [0.25, 0.3) is 0 Å². The monoisotopic (exact) mass is 275 g/mol. The van der Waals surface area contributed by atoms with Gasteiger partial charge >= 0.3 is 0 Å². The number of nitrogens with two attached hydrogens (primary N) is 2. The lowest BCUT2D eigenvalue weighted by Gasteiger charge is -2.13. The van der Waals surface area contributed by atoms with Crippen molar-refractivity contribution in [1.82, 2.24) is 5.32 Å². The highest BCUT2D eigenvalue weighted by atomic mass is 32.1. The Balaban J connectivity index is 2.00. The Hall–Kier alpha value is -2.01. The van der Waals surface area contributed by atoms with Crippen molar-refractivity contribution >= 4 is 28.6 Å². The highest BCUT2D eigenvalue weighted by Gasteiger charge is 2.11. The summed E-state index contributed by atoms with van der Waals surface area (Å²) in [4.78, 5) is 12.1. The number of carbonyl (C=O) groups is 1. The Kier molecular flexibility index (Phi) is 4.06. The summed E-state index contributed by atoms with van der Waals surface area (Å²) in [5, 5.41) is 7.06. The third-order valence-corrected chi connectivity index (χ3v) is 3.47. The van der Waals surface area contributed by atoms with Gasteiger partial charge in [-0.2, -0.15) is 11.3 Å². The molecule has 0 aliphatic heterocycles. The number of hydrogen-bond acceptors (Lipinski definition) is 4. The summed E-state index contributed by atoms with van der Waals surface area (Å²) in [6.45, 7) is 1.98. The number of anilines is 2. The minimum atomic E-state index is -0.151. The molecule has 5 heteroatoms. The van der Waals surface area contributed by atoms with E-state index in [0.717, 1.165) is 6.42 Å². The molecule has 2 rings (SSSR count). The largest absolute Gasteiger partial charge is 0.399 e. The number of nitrogen functional groups attached to an aromatic ring is 2. The first kappa shape index (κ1) is 13.4. The smallest absolute Gasteiger partial charge is 0.251 e. The Morgan fingerprint density at radius 1 is 1.32 bits per heavy atom. The van der Waals surface area contributed by atoms with E-state index in [2.05, 4.69) is 16.8 Å². The van der Waals surface area contributed by atoms with Crippen molar-refractivity contribution in [1.29, 1.82) is 0 Å². The highest BCUT2D eigenvalue weighted by molar-refractivity contribution is 7.07. The van der Waals surface area contributed by atoms with Crippen LogP contribution in [0.4, 0.5) is 11.4 Å². The van der Waals surface area contributed by atoms with Gasteiger partial charge in [0.1, 0.15) is 0 Å². The van der Waals surface area contributed by atoms with Gasteiger partial charge in [-0.3, -0.25) is 4.79 Å². The molecule has 0 fully saturated rings. The van der Waals surface area contributed by atoms with Gasteiger partial charge in [0.15, 0.2) is 0 Å². The second kappa shape index (κ2) is 5.75. The standard InChI is InChI=1S/C14H17N3OS/c1-9(4-10-2-3-19-8-10)17-14(18)11-5-12(15)7-13(16)6-11/h2-3,5-9H,4,15-16H2,1H3,(H,17,18). The first-order valence-corrected chi connectivity index (χ1v) is 6.97. The summed E-state index contributed by atoms with van der Waals surface area (Å²) in [5.74, 6) is -0.151. The zero-order valence-electron chi connectivity index (χ0n) is 10.7. The molecule has 0 bridgehead atoms. The zero-order valence-corrected chi connectivity index (χ0v) is 11.5. The van der Waals surface area contributed by atoms with E-state index in [4.69, 9.17) is 11.5 Å². The maximum atomic E-state index is 12.1. The third-order valence-electron chi connectivity index (χ3n) is 2.74. The predicted octanol–water partition coefficient (Wildman–Crippen LogP) is 2.27. The molecule has 0 aliphatic rings. The lowest BCUT2D eigenvalue weighted by molar-refractivity contribution is 0.0940. The van der Waals surface area contributed by atoms with Crippen LogP contribution >= 0.6 is 11.3 Å². The van der Waals surface area contributed by atoms with Crippen molar-refractivity contribution in [2.24, 2.45) is 0 Å². The summed E-state index contributed by atoms with van der Waals surface area (Å²) < 4.78 is 0. The van der Waals surface area contributed by atoms with Gasteiger partial charge < -0.3 is 16.8 Å².